The Labute approximate surface area is 110 Å². The molecule has 5 heteroatoms. The molecule has 0 atom stereocenters. The first kappa shape index (κ1) is 11.8. The van der Waals surface area contributed by atoms with Gasteiger partial charge in [-0.2, -0.15) is 5.10 Å². The van der Waals surface area contributed by atoms with Gasteiger partial charge in [-0.3, -0.25) is 0 Å². The lowest BCUT2D eigenvalue weighted by molar-refractivity contribution is 0.202. The van der Waals surface area contributed by atoms with Gasteiger partial charge in [0.1, 0.15) is 11.3 Å². The molecule has 96 valence electrons. The Morgan fingerprint density at radius 1 is 1.26 bits per heavy atom. The first-order valence-electron chi connectivity index (χ1n) is 6.08. The van der Waals surface area contributed by atoms with Crippen LogP contribution in [-0.2, 0) is 11.2 Å². The van der Waals surface area contributed by atoms with Gasteiger partial charge < -0.3 is 10.5 Å². The fourth-order valence-corrected chi connectivity index (χ4v) is 2.30. The number of fused-ring (bicyclic) bond motifs is 3. The highest BCUT2D eigenvalue weighted by molar-refractivity contribution is 6.09. The number of nitrogens with zero attached hydrogens (tertiary/aromatic N) is 3. The monoisotopic (exact) mass is 254 g/mol. The maximum atomic E-state index is 6.03. The van der Waals surface area contributed by atoms with Crippen molar-refractivity contribution in [3.05, 3.63) is 36.0 Å². The predicted octanol–water partition coefficient (Wildman–Crippen LogP) is 1.95. The number of hydrogen-bond acceptors (Lipinski definition) is 5. The standard InChI is InChI=1S/C14H14N4O/c1-19-8-6-9-3-2-4-10-12(9)13-11(17-14(10)15)5-7-16-18-13/h2-5,7H,6,8H2,1H3,(H2,15,17). The van der Waals surface area contributed by atoms with Crippen molar-refractivity contribution in [3.8, 4) is 0 Å². The molecule has 2 N–H and O–H groups in total. The second-order valence-electron chi connectivity index (χ2n) is 4.34. The van der Waals surface area contributed by atoms with Crippen LogP contribution in [0.3, 0.4) is 0 Å². The fraction of sp³-hybridized carbons (Fsp3) is 0.214. The van der Waals surface area contributed by atoms with Crippen LogP contribution in [0.2, 0.25) is 0 Å². The van der Waals surface area contributed by atoms with Gasteiger partial charge in [0.15, 0.2) is 0 Å². The van der Waals surface area contributed by atoms with Crippen LogP contribution in [0.25, 0.3) is 21.8 Å². The van der Waals surface area contributed by atoms with Crippen molar-refractivity contribution >= 4 is 27.6 Å². The van der Waals surface area contributed by atoms with E-state index in [9.17, 15) is 0 Å². The van der Waals surface area contributed by atoms with Crippen LogP contribution in [0, 0.1) is 0 Å². The smallest absolute Gasteiger partial charge is 0.132 e. The highest BCUT2D eigenvalue weighted by atomic mass is 16.5. The Balaban J connectivity index is 2.38. The zero-order chi connectivity index (χ0) is 13.2. The van der Waals surface area contributed by atoms with Crippen LogP contribution in [-0.4, -0.2) is 28.9 Å². The third-order valence-corrected chi connectivity index (χ3v) is 3.18. The molecule has 3 rings (SSSR count). The summed E-state index contributed by atoms with van der Waals surface area (Å²) in [5.41, 5.74) is 8.74. The van der Waals surface area contributed by atoms with Crippen LogP contribution < -0.4 is 5.73 Å². The van der Waals surface area contributed by atoms with Gasteiger partial charge in [-0.05, 0) is 18.1 Å². The fourth-order valence-electron chi connectivity index (χ4n) is 2.30. The summed E-state index contributed by atoms with van der Waals surface area (Å²) in [7, 11) is 1.69. The molecule has 0 aliphatic rings. The predicted molar refractivity (Wildman–Crippen MR) is 74.8 cm³/mol. The largest absolute Gasteiger partial charge is 0.384 e. The van der Waals surface area contributed by atoms with Crippen molar-refractivity contribution in [1.29, 1.82) is 0 Å². The van der Waals surface area contributed by atoms with Crippen molar-refractivity contribution < 1.29 is 4.74 Å². The second kappa shape index (κ2) is 4.78. The minimum absolute atomic E-state index is 0.523. The van der Waals surface area contributed by atoms with E-state index < -0.39 is 0 Å². The third kappa shape index (κ3) is 1.98. The number of pyridine rings is 1. The summed E-state index contributed by atoms with van der Waals surface area (Å²) in [6, 6.07) is 7.83. The normalized spacial score (nSPS) is 11.2. The molecular weight excluding hydrogens is 240 g/mol. The number of aromatic nitrogens is 3. The van der Waals surface area contributed by atoms with E-state index in [0.717, 1.165) is 33.8 Å². The van der Waals surface area contributed by atoms with Gasteiger partial charge in [0.25, 0.3) is 0 Å². The Hall–Kier alpha value is -2.27. The molecule has 5 nitrogen and oxygen atoms in total. The van der Waals surface area contributed by atoms with E-state index in [1.54, 1.807) is 13.3 Å². The summed E-state index contributed by atoms with van der Waals surface area (Å²) in [4.78, 5) is 4.37. The van der Waals surface area contributed by atoms with Gasteiger partial charge in [-0.25, -0.2) is 4.98 Å². The molecule has 0 fully saturated rings. The maximum absolute atomic E-state index is 6.03. The zero-order valence-corrected chi connectivity index (χ0v) is 10.6. The Morgan fingerprint density at radius 3 is 3.00 bits per heavy atom. The SMILES string of the molecule is COCCc1cccc2c(N)nc3ccnnc3c12. The average Bonchev–Trinajstić information content (AvgIpc) is 2.45. The molecule has 2 aromatic heterocycles. The van der Waals surface area contributed by atoms with Crippen LogP contribution in [0.4, 0.5) is 5.82 Å². The van der Waals surface area contributed by atoms with Gasteiger partial charge in [0.05, 0.1) is 18.3 Å². The van der Waals surface area contributed by atoms with Gasteiger partial charge in [-0.15, -0.1) is 5.10 Å². The summed E-state index contributed by atoms with van der Waals surface area (Å²) in [6.07, 6.45) is 2.43. The van der Waals surface area contributed by atoms with Crippen molar-refractivity contribution in [1.82, 2.24) is 15.2 Å². The number of nitrogen functional groups attached to an aromatic ring is 1. The third-order valence-electron chi connectivity index (χ3n) is 3.18. The van der Waals surface area contributed by atoms with Crippen LogP contribution in [0.15, 0.2) is 30.5 Å². The van der Waals surface area contributed by atoms with Crippen molar-refractivity contribution in [2.45, 2.75) is 6.42 Å². The molecule has 3 aromatic rings. The highest BCUT2D eigenvalue weighted by Gasteiger charge is 2.11. The molecule has 19 heavy (non-hydrogen) atoms. The lowest BCUT2D eigenvalue weighted by atomic mass is 10.0. The molecule has 0 spiro atoms. The molecule has 0 amide bonds. The summed E-state index contributed by atoms with van der Waals surface area (Å²) >= 11 is 0. The molecular formula is C14H14N4O. The maximum Gasteiger partial charge on any atom is 0.132 e. The molecule has 1 aromatic carbocycles. The second-order valence-corrected chi connectivity index (χ2v) is 4.34. The van der Waals surface area contributed by atoms with Crippen molar-refractivity contribution in [2.24, 2.45) is 0 Å². The minimum atomic E-state index is 0.523. The van der Waals surface area contributed by atoms with Crippen LogP contribution in [0.5, 0.6) is 0 Å². The van der Waals surface area contributed by atoms with Gasteiger partial charge in [0.2, 0.25) is 0 Å². The molecule has 0 saturated heterocycles. The van der Waals surface area contributed by atoms with Crippen LogP contribution >= 0.6 is 0 Å². The van der Waals surface area contributed by atoms with Crippen LogP contribution in [0.1, 0.15) is 5.56 Å². The van der Waals surface area contributed by atoms with Crippen molar-refractivity contribution in [3.63, 3.8) is 0 Å². The molecule has 0 aliphatic carbocycles. The number of benzene rings is 1. The highest BCUT2D eigenvalue weighted by Crippen LogP contribution is 2.29. The average molecular weight is 254 g/mol. The minimum Gasteiger partial charge on any atom is -0.384 e. The number of hydrogen-bond donors (Lipinski definition) is 1. The summed E-state index contributed by atoms with van der Waals surface area (Å²) < 4.78 is 5.15. The lowest BCUT2D eigenvalue weighted by Crippen LogP contribution is -2.00. The quantitative estimate of drug-likeness (QED) is 0.723. The van der Waals surface area contributed by atoms with E-state index in [1.165, 1.54) is 0 Å². The van der Waals surface area contributed by atoms with E-state index in [0.29, 0.717) is 12.4 Å². The first-order chi connectivity index (χ1) is 9.31. The Bertz CT molecular complexity index is 742. The molecule has 2 heterocycles. The lowest BCUT2D eigenvalue weighted by Gasteiger charge is -2.09. The number of rotatable bonds is 3. The number of nitrogens with two attached hydrogens (primary N) is 1. The van der Waals surface area contributed by atoms with E-state index in [-0.39, 0.29) is 0 Å². The Morgan fingerprint density at radius 2 is 2.16 bits per heavy atom. The topological polar surface area (TPSA) is 73.9 Å². The van der Waals surface area contributed by atoms with Crippen molar-refractivity contribution in [2.75, 3.05) is 19.5 Å². The molecule has 0 radical (unpaired) electrons. The molecule has 0 bridgehead atoms. The Kier molecular flexibility index (Phi) is 2.97. The van der Waals surface area contributed by atoms with E-state index >= 15 is 0 Å². The summed E-state index contributed by atoms with van der Waals surface area (Å²) in [5.74, 6) is 0.523. The first-order valence-corrected chi connectivity index (χ1v) is 6.08. The summed E-state index contributed by atoms with van der Waals surface area (Å²) in [6.45, 7) is 0.656. The summed E-state index contributed by atoms with van der Waals surface area (Å²) in [5, 5.41) is 10.1. The molecule has 0 saturated carbocycles. The number of ether oxygens (including phenoxy) is 1. The zero-order valence-electron chi connectivity index (χ0n) is 10.6. The molecule has 0 unspecified atom stereocenters. The van der Waals surface area contributed by atoms with E-state index in [2.05, 4.69) is 21.2 Å². The van der Waals surface area contributed by atoms with E-state index in [1.807, 2.05) is 18.2 Å². The number of methoxy groups -OCH3 is 1. The molecule has 0 aliphatic heterocycles. The number of anilines is 1. The van der Waals surface area contributed by atoms with E-state index in [4.69, 9.17) is 10.5 Å². The van der Waals surface area contributed by atoms with Gasteiger partial charge >= 0.3 is 0 Å². The van der Waals surface area contributed by atoms with Gasteiger partial charge in [-0.1, -0.05) is 18.2 Å². The van der Waals surface area contributed by atoms with Gasteiger partial charge in [0, 0.05) is 17.9 Å².